The van der Waals surface area contributed by atoms with Gasteiger partial charge >= 0.3 is 0 Å². The Morgan fingerprint density at radius 1 is 1.12 bits per heavy atom. The number of anilines is 2. The number of primary amides is 1. The summed E-state index contributed by atoms with van der Waals surface area (Å²) in [4.78, 5) is 40.8. The monoisotopic (exact) mass is 563 g/mol. The Balaban J connectivity index is 1.41. The van der Waals surface area contributed by atoms with Crippen molar-refractivity contribution in [3.05, 3.63) is 63.6 Å². The van der Waals surface area contributed by atoms with E-state index < -0.39 is 52.0 Å². The fourth-order valence-electron chi connectivity index (χ4n) is 6.45. The standard InChI is InChI=1S/C29H29N3O9/c1-32(2)17-9-16(31-10-12-3-4-19-20(5-12)41-11-40-19)24(34)22-15(17)7-13-6-14-8-18(33)23(28(30)38)27(37)29(14,39)26(36)21(13)25(22)35/h3-5,9,13-14,31,33-34,36,39H,6-8,10-11H2,1-2H3,(H2,30,38)/t13-,14+,29+/m1/s1. The molecule has 0 saturated heterocycles. The number of phenolic OH excluding ortho intramolecular Hbond substituents is 1. The van der Waals surface area contributed by atoms with Gasteiger partial charge in [-0.2, -0.15) is 0 Å². The van der Waals surface area contributed by atoms with E-state index in [0.717, 1.165) is 5.56 Å². The lowest BCUT2D eigenvalue weighted by molar-refractivity contribution is -0.144. The third-order valence-electron chi connectivity index (χ3n) is 8.44. The molecule has 1 aliphatic heterocycles. The van der Waals surface area contributed by atoms with E-state index >= 15 is 0 Å². The normalized spacial score (nSPS) is 24.6. The van der Waals surface area contributed by atoms with Gasteiger partial charge in [-0.25, -0.2) is 0 Å². The smallest absolute Gasteiger partial charge is 0.255 e. The molecule has 2 aromatic carbocycles. The van der Waals surface area contributed by atoms with Crippen molar-refractivity contribution in [3.63, 3.8) is 0 Å². The van der Waals surface area contributed by atoms with Crippen LogP contribution < -0.4 is 25.4 Å². The van der Waals surface area contributed by atoms with Crippen molar-refractivity contribution in [2.75, 3.05) is 31.1 Å². The molecule has 41 heavy (non-hydrogen) atoms. The van der Waals surface area contributed by atoms with Crippen LogP contribution in [0.25, 0.3) is 0 Å². The van der Waals surface area contributed by atoms with Crippen molar-refractivity contribution in [2.45, 2.75) is 31.4 Å². The lowest BCUT2D eigenvalue weighted by atomic mass is 9.60. The second-order valence-corrected chi connectivity index (χ2v) is 11.0. The minimum atomic E-state index is -2.61. The minimum Gasteiger partial charge on any atom is -0.511 e. The maximum atomic E-state index is 14.0. The number of carbonyl (C=O) groups is 3. The number of allylic oxidation sites excluding steroid dienone is 2. The molecule has 0 saturated carbocycles. The molecule has 12 heteroatoms. The van der Waals surface area contributed by atoms with E-state index in [1.54, 1.807) is 26.2 Å². The van der Waals surface area contributed by atoms with Gasteiger partial charge in [-0.05, 0) is 48.1 Å². The molecule has 2 aromatic rings. The summed E-state index contributed by atoms with van der Waals surface area (Å²) in [5, 5.41) is 47.6. The molecule has 6 rings (SSSR count). The molecule has 0 unspecified atom stereocenters. The summed E-state index contributed by atoms with van der Waals surface area (Å²) >= 11 is 0. The summed E-state index contributed by atoms with van der Waals surface area (Å²) in [6, 6.07) is 7.17. The number of ketones is 2. The van der Waals surface area contributed by atoms with Gasteiger partial charge in [0.05, 0.1) is 11.3 Å². The highest BCUT2D eigenvalue weighted by molar-refractivity contribution is 6.24. The molecule has 12 nitrogen and oxygen atoms in total. The van der Waals surface area contributed by atoms with Gasteiger partial charge in [-0.3, -0.25) is 14.4 Å². The van der Waals surface area contributed by atoms with E-state index in [1.165, 1.54) is 0 Å². The van der Waals surface area contributed by atoms with Crippen molar-refractivity contribution < 1.29 is 44.3 Å². The number of phenols is 1. The summed E-state index contributed by atoms with van der Waals surface area (Å²) in [6.07, 6.45) is 0.0163. The lowest BCUT2D eigenvalue weighted by Crippen LogP contribution is -2.57. The van der Waals surface area contributed by atoms with Gasteiger partial charge in [0.1, 0.15) is 22.8 Å². The molecule has 0 spiro atoms. The second kappa shape index (κ2) is 9.16. The fraction of sp³-hybridized carbons (Fsp3) is 0.345. The molecule has 0 bridgehead atoms. The van der Waals surface area contributed by atoms with Gasteiger partial charge in [-0.15, -0.1) is 0 Å². The second-order valence-electron chi connectivity index (χ2n) is 11.0. The molecular formula is C29H29N3O9. The minimum absolute atomic E-state index is 0.0546. The van der Waals surface area contributed by atoms with Crippen molar-refractivity contribution in [2.24, 2.45) is 17.6 Å². The maximum Gasteiger partial charge on any atom is 0.255 e. The maximum absolute atomic E-state index is 14.0. The molecule has 0 radical (unpaired) electrons. The molecule has 3 aliphatic carbocycles. The Kier molecular flexibility index (Phi) is 5.93. The zero-order valence-corrected chi connectivity index (χ0v) is 22.4. The molecule has 1 amide bonds. The number of ether oxygens (including phenoxy) is 2. The average Bonchev–Trinajstić information content (AvgIpc) is 3.38. The van der Waals surface area contributed by atoms with E-state index in [9.17, 15) is 34.8 Å². The van der Waals surface area contributed by atoms with Crippen LogP contribution in [0.1, 0.15) is 34.3 Å². The van der Waals surface area contributed by atoms with Crippen LogP contribution in [0.2, 0.25) is 0 Å². The summed E-state index contributed by atoms with van der Waals surface area (Å²) in [5.41, 5.74) is 3.92. The number of aliphatic hydroxyl groups excluding tert-OH is 2. The van der Waals surface area contributed by atoms with Gasteiger partial charge in [-0.1, -0.05) is 6.07 Å². The molecule has 3 atom stereocenters. The number of amides is 1. The SMILES string of the molecule is CN(C)c1cc(NCc2ccc3c(c2)OCO3)c(O)c2c1C[C@H]1C[C@H]3CC(O)=C(C(N)=O)C(=O)[C@@]3(O)C(O)=C1C2=O. The zero-order valence-electron chi connectivity index (χ0n) is 22.4. The number of Topliss-reactive ketones (excluding diaryl/α,β-unsaturated/α-hetero) is 2. The van der Waals surface area contributed by atoms with E-state index in [4.69, 9.17) is 15.2 Å². The first kappa shape index (κ1) is 26.5. The Morgan fingerprint density at radius 3 is 2.56 bits per heavy atom. The largest absolute Gasteiger partial charge is 0.511 e. The number of nitrogens with two attached hydrogens (primary N) is 1. The van der Waals surface area contributed by atoms with Crippen LogP contribution in [0.3, 0.4) is 0 Å². The topological polar surface area (TPSA) is 192 Å². The Morgan fingerprint density at radius 2 is 1.85 bits per heavy atom. The highest BCUT2D eigenvalue weighted by Crippen LogP contribution is 2.53. The lowest BCUT2D eigenvalue weighted by Gasteiger charge is -2.46. The number of nitrogens with zero attached hydrogens (tertiary/aromatic N) is 1. The molecular weight excluding hydrogens is 534 g/mol. The molecule has 4 aliphatic rings. The van der Waals surface area contributed by atoms with Crippen molar-refractivity contribution >= 4 is 28.8 Å². The number of aromatic hydroxyl groups is 1. The van der Waals surface area contributed by atoms with Crippen LogP contribution in [0, 0.1) is 11.8 Å². The van der Waals surface area contributed by atoms with Gasteiger partial charge in [0.25, 0.3) is 5.91 Å². The number of carbonyl (C=O) groups excluding carboxylic acids is 3. The van der Waals surface area contributed by atoms with Gasteiger partial charge in [0.15, 0.2) is 22.9 Å². The van der Waals surface area contributed by atoms with E-state index in [2.05, 4.69) is 5.32 Å². The predicted octanol–water partition coefficient (Wildman–Crippen LogP) is 1.99. The van der Waals surface area contributed by atoms with E-state index in [0.29, 0.717) is 22.7 Å². The van der Waals surface area contributed by atoms with Crippen LogP contribution in [0.15, 0.2) is 46.9 Å². The summed E-state index contributed by atoms with van der Waals surface area (Å²) in [7, 11) is 3.60. The molecule has 214 valence electrons. The third kappa shape index (κ3) is 3.81. The first-order chi connectivity index (χ1) is 19.4. The van der Waals surface area contributed by atoms with Crippen molar-refractivity contribution in [1.29, 1.82) is 0 Å². The van der Waals surface area contributed by atoms with Crippen molar-refractivity contribution in [1.82, 2.24) is 0 Å². The fourth-order valence-corrected chi connectivity index (χ4v) is 6.45. The quantitative estimate of drug-likeness (QED) is 0.230. The third-order valence-corrected chi connectivity index (χ3v) is 8.44. The zero-order chi connectivity index (χ0) is 29.4. The highest BCUT2D eigenvalue weighted by Gasteiger charge is 2.59. The molecule has 0 aromatic heterocycles. The van der Waals surface area contributed by atoms with Crippen molar-refractivity contribution in [3.8, 4) is 17.2 Å². The molecule has 1 heterocycles. The van der Waals surface area contributed by atoms with Crippen LogP contribution in [-0.2, 0) is 22.6 Å². The van der Waals surface area contributed by atoms with Gasteiger partial charge in [0, 0.05) is 44.2 Å². The molecule has 7 N–H and O–H groups in total. The first-order valence-electron chi connectivity index (χ1n) is 13.1. The van der Waals surface area contributed by atoms with Crippen LogP contribution in [0.5, 0.6) is 17.2 Å². The van der Waals surface area contributed by atoms with Gasteiger partial charge < -0.3 is 45.9 Å². The van der Waals surface area contributed by atoms with Gasteiger partial charge in [0.2, 0.25) is 12.6 Å². The number of fused-ring (bicyclic) bond motifs is 4. The average molecular weight is 564 g/mol. The number of nitrogens with one attached hydrogen (secondary N) is 1. The predicted molar refractivity (Wildman–Crippen MR) is 145 cm³/mol. The number of hydrogen-bond donors (Lipinski definition) is 6. The van der Waals surface area contributed by atoms with Crippen LogP contribution in [-0.4, -0.2) is 64.4 Å². The summed E-state index contributed by atoms with van der Waals surface area (Å²) in [5.74, 6) is -5.36. The summed E-state index contributed by atoms with van der Waals surface area (Å²) < 4.78 is 10.8. The Bertz CT molecular complexity index is 1610. The van der Waals surface area contributed by atoms with E-state index in [1.807, 2.05) is 17.0 Å². The van der Waals surface area contributed by atoms with Crippen LogP contribution in [0.4, 0.5) is 11.4 Å². The first-order valence-corrected chi connectivity index (χ1v) is 13.1. The summed E-state index contributed by atoms with van der Waals surface area (Å²) in [6.45, 7) is 0.418. The van der Waals surface area contributed by atoms with Crippen LogP contribution >= 0.6 is 0 Å². The number of benzene rings is 2. The molecule has 0 fully saturated rings. The number of hydrogen-bond acceptors (Lipinski definition) is 11. The Labute approximate surface area is 234 Å². The number of aliphatic hydroxyl groups is 3. The van der Waals surface area contributed by atoms with E-state index in [-0.39, 0.29) is 55.2 Å². The highest BCUT2D eigenvalue weighted by atomic mass is 16.7. The number of rotatable bonds is 5. The Hall–Kier alpha value is -4.71.